The van der Waals surface area contributed by atoms with E-state index in [2.05, 4.69) is 16.0 Å². The van der Waals surface area contributed by atoms with Crippen LogP contribution in [0.2, 0.25) is 0 Å². The van der Waals surface area contributed by atoms with Gasteiger partial charge in [0.05, 0.1) is 19.4 Å². The number of hydrogen-bond donors (Lipinski definition) is 0. The van der Waals surface area contributed by atoms with E-state index in [0.29, 0.717) is 5.88 Å². The SMILES string of the molecule is COc1cccc(-c2ccc(OCCCCc3cccnc3)cc2)n1. The van der Waals surface area contributed by atoms with E-state index in [4.69, 9.17) is 9.47 Å². The largest absolute Gasteiger partial charge is 0.494 e. The molecular formula is C21H22N2O2. The third-order valence-electron chi connectivity index (χ3n) is 3.93. The Bertz CT molecular complexity index is 773. The highest BCUT2D eigenvalue weighted by atomic mass is 16.5. The Morgan fingerprint density at radius 3 is 2.56 bits per heavy atom. The Kier molecular flexibility index (Phi) is 5.99. The van der Waals surface area contributed by atoms with Crippen molar-refractivity contribution in [3.05, 3.63) is 72.6 Å². The van der Waals surface area contributed by atoms with E-state index < -0.39 is 0 Å². The fraction of sp³-hybridized carbons (Fsp3) is 0.238. The summed E-state index contributed by atoms with van der Waals surface area (Å²) in [5.74, 6) is 1.50. The van der Waals surface area contributed by atoms with Crippen molar-refractivity contribution in [1.29, 1.82) is 0 Å². The zero-order valence-electron chi connectivity index (χ0n) is 14.4. The zero-order valence-corrected chi connectivity index (χ0v) is 14.4. The molecular weight excluding hydrogens is 312 g/mol. The Morgan fingerprint density at radius 1 is 0.920 bits per heavy atom. The number of aromatic nitrogens is 2. The maximum Gasteiger partial charge on any atom is 0.213 e. The number of methoxy groups -OCH3 is 1. The second kappa shape index (κ2) is 8.83. The average molecular weight is 334 g/mol. The summed E-state index contributed by atoms with van der Waals surface area (Å²) >= 11 is 0. The number of benzene rings is 1. The predicted octanol–water partition coefficient (Wildman–Crippen LogP) is 4.55. The van der Waals surface area contributed by atoms with E-state index in [1.807, 2.05) is 54.7 Å². The van der Waals surface area contributed by atoms with Gasteiger partial charge in [-0.1, -0.05) is 12.1 Å². The predicted molar refractivity (Wildman–Crippen MR) is 98.9 cm³/mol. The molecule has 4 nitrogen and oxygen atoms in total. The number of ether oxygens (including phenoxy) is 2. The van der Waals surface area contributed by atoms with Crippen molar-refractivity contribution in [3.63, 3.8) is 0 Å². The molecule has 0 fully saturated rings. The summed E-state index contributed by atoms with van der Waals surface area (Å²) in [4.78, 5) is 8.57. The summed E-state index contributed by atoms with van der Waals surface area (Å²) in [6.07, 6.45) is 6.88. The van der Waals surface area contributed by atoms with Crippen molar-refractivity contribution in [2.45, 2.75) is 19.3 Å². The molecule has 3 rings (SSSR count). The molecule has 3 aromatic rings. The Balaban J connectivity index is 1.46. The molecule has 0 radical (unpaired) electrons. The van der Waals surface area contributed by atoms with Crippen LogP contribution in [0.5, 0.6) is 11.6 Å². The molecule has 0 aliphatic heterocycles. The molecule has 0 saturated heterocycles. The van der Waals surface area contributed by atoms with Crippen LogP contribution in [0.1, 0.15) is 18.4 Å². The van der Waals surface area contributed by atoms with Crippen LogP contribution in [-0.2, 0) is 6.42 Å². The second-order valence-corrected chi connectivity index (χ2v) is 5.76. The molecule has 4 heteroatoms. The van der Waals surface area contributed by atoms with Gasteiger partial charge in [0.25, 0.3) is 0 Å². The van der Waals surface area contributed by atoms with Crippen LogP contribution in [-0.4, -0.2) is 23.7 Å². The van der Waals surface area contributed by atoms with Gasteiger partial charge in [0.15, 0.2) is 0 Å². The molecule has 0 N–H and O–H groups in total. The van der Waals surface area contributed by atoms with Crippen molar-refractivity contribution in [2.75, 3.05) is 13.7 Å². The van der Waals surface area contributed by atoms with Gasteiger partial charge >= 0.3 is 0 Å². The van der Waals surface area contributed by atoms with E-state index in [1.54, 1.807) is 13.3 Å². The van der Waals surface area contributed by atoms with E-state index in [9.17, 15) is 0 Å². The lowest BCUT2D eigenvalue weighted by atomic mass is 10.1. The van der Waals surface area contributed by atoms with Crippen molar-refractivity contribution in [1.82, 2.24) is 9.97 Å². The summed E-state index contributed by atoms with van der Waals surface area (Å²) in [6.45, 7) is 0.719. The number of aryl methyl sites for hydroxylation is 1. The van der Waals surface area contributed by atoms with Gasteiger partial charge in [0, 0.05) is 24.0 Å². The monoisotopic (exact) mass is 334 g/mol. The molecule has 0 saturated carbocycles. The van der Waals surface area contributed by atoms with Gasteiger partial charge in [-0.25, -0.2) is 4.98 Å². The fourth-order valence-corrected chi connectivity index (χ4v) is 2.58. The minimum absolute atomic E-state index is 0.617. The van der Waals surface area contributed by atoms with E-state index in [-0.39, 0.29) is 0 Å². The highest BCUT2D eigenvalue weighted by molar-refractivity contribution is 5.60. The van der Waals surface area contributed by atoms with Gasteiger partial charge < -0.3 is 9.47 Å². The fourth-order valence-electron chi connectivity index (χ4n) is 2.58. The number of unbranched alkanes of at least 4 members (excludes halogenated alkanes) is 1. The molecule has 2 aromatic heterocycles. The minimum Gasteiger partial charge on any atom is -0.494 e. The molecule has 0 bridgehead atoms. The number of pyridine rings is 2. The minimum atomic E-state index is 0.617. The van der Waals surface area contributed by atoms with E-state index in [1.165, 1.54) is 5.56 Å². The molecule has 128 valence electrons. The third kappa shape index (κ3) is 5.05. The quantitative estimate of drug-likeness (QED) is 0.567. The second-order valence-electron chi connectivity index (χ2n) is 5.76. The van der Waals surface area contributed by atoms with Crippen LogP contribution in [0, 0.1) is 0 Å². The lowest BCUT2D eigenvalue weighted by Crippen LogP contribution is -1.98. The zero-order chi connectivity index (χ0) is 17.3. The molecule has 0 unspecified atom stereocenters. The van der Waals surface area contributed by atoms with E-state index in [0.717, 1.165) is 42.9 Å². The van der Waals surface area contributed by atoms with E-state index >= 15 is 0 Å². The third-order valence-corrected chi connectivity index (χ3v) is 3.93. The maximum atomic E-state index is 5.82. The van der Waals surface area contributed by atoms with Gasteiger partial charge in [-0.15, -0.1) is 0 Å². The number of hydrogen-bond acceptors (Lipinski definition) is 4. The Hall–Kier alpha value is -2.88. The van der Waals surface area contributed by atoms with Gasteiger partial charge in [-0.3, -0.25) is 4.98 Å². The molecule has 0 aliphatic rings. The van der Waals surface area contributed by atoms with Crippen LogP contribution < -0.4 is 9.47 Å². The van der Waals surface area contributed by atoms with Gasteiger partial charge in [0.1, 0.15) is 5.75 Å². The first-order chi connectivity index (χ1) is 12.3. The van der Waals surface area contributed by atoms with Crippen molar-refractivity contribution >= 4 is 0 Å². The Morgan fingerprint density at radius 2 is 1.80 bits per heavy atom. The molecule has 2 heterocycles. The summed E-state index contributed by atoms with van der Waals surface area (Å²) in [5, 5.41) is 0. The van der Waals surface area contributed by atoms with Crippen LogP contribution in [0.3, 0.4) is 0 Å². The molecule has 0 aliphatic carbocycles. The molecule has 1 aromatic carbocycles. The average Bonchev–Trinajstić information content (AvgIpc) is 2.69. The van der Waals surface area contributed by atoms with Gasteiger partial charge in [-0.05, 0) is 61.2 Å². The first-order valence-electron chi connectivity index (χ1n) is 8.48. The number of nitrogens with zero attached hydrogens (tertiary/aromatic N) is 2. The molecule has 0 atom stereocenters. The van der Waals surface area contributed by atoms with Crippen molar-refractivity contribution < 1.29 is 9.47 Å². The highest BCUT2D eigenvalue weighted by Gasteiger charge is 2.02. The normalized spacial score (nSPS) is 10.4. The van der Waals surface area contributed by atoms with Gasteiger partial charge in [0.2, 0.25) is 5.88 Å². The Labute approximate surface area is 148 Å². The first kappa shape index (κ1) is 17.0. The molecule has 0 spiro atoms. The highest BCUT2D eigenvalue weighted by Crippen LogP contribution is 2.22. The summed E-state index contributed by atoms with van der Waals surface area (Å²) in [5.41, 5.74) is 3.21. The van der Waals surface area contributed by atoms with Crippen molar-refractivity contribution in [2.24, 2.45) is 0 Å². The van der Waals surface area contributed by atoms with Crippen molar-refractivity contribution in [3.8, 4) is 22.9 Å². The molecule has 0 amide bonds. The van der Waals surface area contributed by atoms with Crippen LogP contribution in [0.25, 0.3) is 11.3 Å². The van der Waals surface area contributed by atoms with Crippen LogP contribution in [0.4, 0.5) is 0 Å². The lowest BCUT2D eigenvalue weighted by Gasteiger charge is -2.08. The van der Waals surface area contributed by atoms with Crippen LogP contribution in [0.15, 0.2) is 67.0 Å². The summed E-state index contributed by atoms with van der Waals surface area (Å²) in [7, 11) is 1.62. The maximum absolute atomic E-state index is 5.82. The number of rotatable bonds is 8. The topological polar surface area (TPSA) is 44.2 Å². The standard InChI is InChI=1S/C21H22N2O2/c1-24-21-9-4-8-20(23-21)18-10-12-19(13-11-18)25-15-3-2-6-17-7-5-14-22-16-17/h4-5,7-14,16H,2-3,6,15H2,1H3. The first-order valence-corrected chi connectivity index (χ1v) is 8.48. The lowest BCUT2D eigenvalue weighted by molar-refractivity contribution is 0.307. The van der Waals surface area contributed by atoms with Gasteiger partial charge in [-0.2, -0.15) is 0 Å². The van der Waals surface area contributed by atoms with Crippen LogP contribution >= 0.6 is 0 Å². The summed E-state index contributed by atoms with van der Waals surface area (Å²) < 4.78 is 11.0. The summed E-state index contributed by atoms with van der Waals surface area (Å²) in [6, 6.07) is 17.8. The molecule has 25 heavy (non-hydrogen) atoms. The smallest absolute Gasteiger partial charge is 0.213 e.